The second kappa shape index (κ2) is 5.56. The molecule has 2 nitrogen and oxygen atoms in total. The van der Waals surface area contributed by atoms with E-state index in [9.17, 15) is 8.78 Å². The largest absolute Gasteiger partial charge is 0.380 e. The highest BCUT2D eigenvalue weighted by atomic mass is 19.2. The lowest BCUT2D eigenvalue weighted by Crippen LogP contribution is -2.29. The van der Waals surface area contributed by atoms with E-state index in [1.807, 2.05) is 0 Å². The van der Waals surface area contributed by atoms with Gasteiger partial charge in [0.05, 0.1) is 6.61 Å². The monoisotopic (exact) mass is 241 g/mol. The molecule has 1 fully saturated rings. The predicted octanol–water partition coefficient (Wildman–Crippen LogP) is 2.58. The van der Waals surface area contributed by atoms with Gasteiger partial charge in [-0.25, -0.2) is 8.78 Å². The van der Waals surface area contributed by atoms with Crippen LogP contribution in [0.4, 0.5) is 8.78 Å². The van der Waals surface area contributed by atoms with Crippen LogP contribution in [0.2, 0.25) is 0 Å². The zero-order valence-electron chi connectivity index (χ0n) is 9.93. The molecular formula is C13H17F2NO. The highest BCUT2D eigenvalue weighted by molar-refractivity contribution is 5.29. The number of benzene rings is 1. The molecule has 4 heteroatoms. The third kappa shape index (κ3) is 2.64. The van der Waals surface area contributed by atoms with Gasteiger partial charge in [-0.2, -0.15) is 0 Å². The van der Waals surface area contributed by atoms with Gasteiger partial charge >= 0.3 is 0 Å². The molecule has 1 aliphatic heterocycles. The molecule has 1 heterocycles. The Bertz CT molecular complexity index is 389. The van der Waals surface area contributed by atoms with Crippen LogP contribution >= 0.6 is 0 Å². The van der Waals surface area contributed by atoms with Crippen LogP contribution in [0, 0.1) is 11.6 Å². The first-order valence-corrected chi connectivity index (χ1v) is 5.90. The van der Waals surface area contributed by atoms with Crippen molar-refractivity contribution >= 4 is 0 Å². The molecule has 0 spiro atoms. The van der Waals surface area contributed by atoms with Gasteiger partial charge in [0.15, 0.2) is 11.6 Å². The van der Waals surface area contributed by atoms with Crippen LogP contribution in [0.1, 0.15) is 29.9 Å². The van der Waals surface area contributed by atoms with Crippen LogP contribution in [0.3, 0.4) is 0 Å². The number of hydrogen-bond acceptors (Lipinski definition) is 2. The number of halogens is 2. The molecule has 0 saturated carbocycles. The second-order valence-corrected chi connectivity index (χ2v) is 4.42. The quantitative estimate of drug-likeness (QED) is 0.878. The highest BCUT2D eigenvalue weighted by Crippen LogP contribution is 2.28. The van der Waals surface area contributed by atoms with E-state index in [0.717, 1.165) is 25.9 Å². The Kier molecular flexibility index (Phi) is 4.07. The number of methoxy groups -OCH3 is 1. The van der Waals surface area contributed by atoms with Crippen molar-refractivity contribution in [2.75, 3.05) is 20.2 Å². The normalized spacial score (nSPS) is 20.5. The first-order valence-electron chi connectivity index (χ1n) is 5.90. The van der Waals surface area contributed by atoms with Crippen molar-refractivity contribution in [1.82, 2.24) is 5.32 Å². The van der Waals surface area contributed by atoms with Crippen molar-refractivity contribution in [3.05, 3.63) is 34.9 Å². The van der Waals surface area contributed by atoms with Gasteiger partial charge in [-0.05, 0) is 30.9 Å². The Labute approximate surface area is 100.0 Å². The lowest BCUT2D eigenvalue weighted by molar-refractivity contribution is 0.180. The smallest absolute Gasteiger partial charge is 0.164 e. The molecule has 0 aliphatic carbocycles. The van der Waals surface area contributed by atoms with Gasteiger partial charge in [0.1, 0.15) is 0 Å². The van der Waals surface area contributed by atoms with Crippen LogP contribution in [0.15, 0.2) is 12.1 Å². The maximum Gasteiger partial charge on any atom is 0.164 e. The summed E-state index contributed by atoms with van der Waals surface area (Å²) < 4.78 is 32.5. The standard InChI is InChI=1S/C13H17F2NO/c1-17-8-10-4-5-11(13(15)12(10)14)9-3-2-6-16-7-9/h4-5,9,16H,2-3,6-8H2,1H3. The molecule has 1 unspecified atom stereocenters. The van der Waals surface area contributed by atoms with Crippen LogP contribution in [0.5, 0.6) is 0 Å². The van der Waals surface area contributed by atoms with Gasteiger partial charge in [0.2, 0.25) is 0 Å². The lowest BCUT2D eigenvalue weighted by atomic mass is 9.90. The van der Waals surface area contributed by atoms with Gasteiger partial charge < -0.3 is 10.1 Å². The fraction of sp³-hybridized carbons (Fsp3) is 0.538. The summed E-state index contributed by atoms with van der Waals surface area (Å²) in [4.78, 5) is 0. The van der Waals surface area contributed by atoms with Crippen molar-refractivity contribution < 1.29 is 13.5 Å². The third-order valence-electron chi connectivity index (χ3n) is 3.23. The average Bonchev–Trinajstić information content (AvgIpc) is 2.36. The van der Waals surface area contributed by atoms with Crippen molar-refractivity contribution in [1.29, 1.82) is 0 Å². The summed E-state index contributed by atoms with van der Waals surface area (Å²) in [6.45, 7) is 1.79. The summed E-state index contributed by atoms with van der Waals surface area (Å²) in [7, 11) is 1.47. The van der Waals surface area contributed by atoms with E-state index in [-0.39, 0.29) is 18.1 Å². The van der Waals surface area contributed by atoms with Gasteiger partial charge in [0.25, 0.3) is 0 Å². The zero-order chi connectivity index (χ0) is 12.3. The van der Waals surface area contributed by atoms with E-state index in [4.69, 9.17) is 4.74 Å². The molecule has 2 rings (SSSR count). The molecule has 94 valence electrons. The molecule has 0 amide bonds. The van der Waals surface area contributed by atoms with E-state index >= 15 is 0 Å². The molecule has 1 N–H and O–H groups in total. The molecule has 1 aromatic rings. The minimum Gasteiger partial charge on any atom is -0.380 e. The van der Waals surface area contributed by atoms with E-state index in [2.05, 4.69) is 5.32 Å². The molecule has 1 aromatic carbocycles. The van der Waals surface area contributed by atoms with Gasteiger partial charge in [0, 0.05) is 19.2 Å². The second-order valence-electron chi connectivity index (χ2n) is 4.42. The van der Waals surface area contributed by atoms with Crippen molar-refractivity contribution in [2.45, 2.75) is 25.4 Å². The number of nitrogens with one attached hydrogen (secondary N) is 1. The van der Waals surface area contributed by atoms with E-state index in [0.29, 0.717) is 5.56 Å². The number of rotatable bonds is 3. The summed E-state index contributed by atoms with van der Waals surface area (Å²) in [6, 6.07) is 3.30. The Morgan fingerprint density at radius 1 is 1.35 bits per heavy atom. The van der Waals surface area contributed by atoms with E-state index < -0.39 is 11.6 Å². The zero-order valence-corrected chi connectivity index (χ0v) is 9.93. The number of piperidine rings is 1. The lowest BCUT2D eigenvalue weighted by Gasteiger charge is -2.24. The van der Waals surface area contributed by atoms with Crippen LogP contribution in [0.25, 0.3) is 0 Å². The fourth-order valence-electron chi connectivity index (χ4n) is 2.30. The van der Waals surface area contributed by atoms with Crippen molar-refractivity contribution in [3.8, 4) is 0 Å². The molecule has 0 bridgehead atoms. The van der Waals surface area contributed by atoms with Crippen LogP contribution in [-0.4, -0.2) is 20.2 Å². The summed E-state index contributed by atoms with van der Waals surface area (Å²) in [5, 5.41) is 3.21. The maximum atomic E-state index is 13.9. The Hall–Kier alpha value is -1.00. The highest BCUT2D eigenvalue weighted by Gasteiger charge is 2.22. The van der Waals surface area contributed by atoms with Gasteiger partial charge in [-0.3, -0.25) is 0 Å². The molecule has 17 heavy (non-hydrogen) atoms. The molecule has 1 aliphatic rings. The molecule has 0 radical (unpaired) electrons. The van der Waals surface area contributed by atoms with Crippen LogP contribution in [-0.2, 0) is 11.3 Å². The van der Waals surface area contributed by atoms with E-state index in [1.165, 1.54) is 7.11 Å². The SMILES string of the molecule is COCc1ccc(C2CCCNC2)c(F)c1F. The summed E-state index contributed by atoms with van der Waals surface area (Å²) >= 11 is 0. The Balaban J connectivity index is 2.26. The third-order valence-corrected chi connectivity index (χ3v) is 3.23. The summed E-state index contributed by atoms with van der Waals surface area (Å²) in [6.07, 6.45) is 1.92. The molecule has 1 atom stereocenters. The first kappa shape index (κ1) is 12.5. The fourth-order valence-corrected chi connectivity index (χ4v) is 2.30. The van der Waals surface area contributed by atoms with Gasteiger partial charge in [-0.15, -0.1) is 0 Å². The predicted molar refractivity (Wildman–Crippen MR) is 61.9 cm³/mol. The Morgan fingerprint density at radius 2 is 2.18 bits per heavy atom. The topological polar surface area (TPSA) is 21.3 Å². The minimum atomic E-state index is -0.769. The summed E-state index contributed by atoms with van der Waals surface area (Å²) in [5.41, 5.74) is 0.757. The Morgan fingerprint density at radius 3 is 2.82 bits per heavy atom. The molecule has 0 aromatic heterocycles. The van der Waals surface area contributed by atoms with E-state index in [1.54, 1.807) is 12.1 Å². The molecule has 1 saturated heterocycles. The average molecular weight is 241 g/mol. The van der Waals surface area contributed by atoms with Crippen molar-refractivity contribution in [2.24, 2.45) is 0 Å². The van der Waals surface area contributed by atoms with Gasteiger partial charge in [-0.1, -0.05) is 12.1 Å². The minimum absolute atomic E-state index is 0.0786. The van der Waals surface area contributed by atoms with Crippen molar-refractivity contribution in [3.63, 3.8) is 0 Å². The number of ether oxygens (including phenoxy) is 1. The molecular weight excluding hydrogens is 224 g/mol. The van der Waals surface area contributed by atoms with Crippen LogP contribution < -0.4 is 5.32 Å². The maximum absolute atomic E-state index is 13.9. The number of hydrogen-bond donors (Lipinski definition) is 1. The summed E-state index contributed by atoms with van der Waals surface area (Å²) in [5.74, 6) is -1.40. The first-order chi connectivity index (χ1) is 8.24.